The molecule has 18 heavy (non-hydrogen) atoms. The minimum Gasteiger partial charge on any atom is -0.347 e. The Balaban J connectivity index is 2.08. The Morgan fingerprint density at radius 1 is 1.33 bits per heavy atom. The molecule has 0 atom stereocenters. The maximum Gasteiger partial charge on any atom is 0.251 e. The van der Waals surface area contributed by atoms with Gasteiger partial charge in [0.15, 0.2) is 0 Å². The second-order valence-electron chi connectivity index (χ2n) is 5.38. The van der Waals surface area contributed by atoms with Crippen molar-refractivity contribution in [3.05, 3.63) is 35.4 Å². The molecule has 0 bridgehead atoms. The molecule has 0 saturated heterocycles. The number of carbonyl (C=O) groups excluding carboxylic acids is 1. The second-order valence-corrected chi connectivity index (χ2v) is 5.38. The van der Waals surface area contributed by atoms with Crippen LogP contribution in [0.15, 0.2) is 24.3 Å². The highest BCUT2D eigenvalue weighted by molar-refractivity contribution is 5.96. The average Bonchev–Trinajstić information content (AvgIpc) is 2.34. The SMILES string of the molecule is CNCCc1ccccc1C(=O)NC1(C)CCC1. The minimum absolute atomic E-state index is 0.0210. The van der Waals surface area contributed by atoms with E-state index >= 15 is 0 Å². The van der Waals surface area contributed by atoms with Gasteiger partial charge in [-0.05, 0) is 57.8 Å². The number of rotatable bonds is 5. The van der Waals surface area contributed by atoms with Crippen molar-refractivity contribution in [1.29, 1.82) is 0 Å². The average molecular weight is 246 g/mol. The maximum atomic E-state index is 12.3. The molecule has 1 amide bonds. The maximum absolute atomic E-state index is 12.3. The van der Waals surface area contributed by atoms with Crippen LogP contribution in [0.5, 0.6) is 0 Å². The van der Waals surface area contributed by atoms with Gasteiger partial charge in [0, 0.05) is 11.1 Å². The molecule has 1 aromatic carbocycles. The van der Waals surface area contributed by atoms with E-state index in [0.717, 1.165) is 36.9 Å². The van der Waals surface area contributed by atoms with E-state index in [1.807, 2.05) is 31.3 Å². The lowest BCUT2D eigenvalue weighted by Gasteiger charge is -2.39. The van der Waals surface area contributed by atoms with E-state index in [9.17, 15) is 4.79 Å². The van der Waals surface area contributed by atoms with Gasteiger partial charge in [-0.2, -0.15) is 0 Å². The van der Waals surface area contributed by atoms with Crippen LogP contribution >= 0.6 is 0 Å². The molecule has 98 valence electrons. The monoisotopic (exact) mass is 246 g/mol. The molecule has 3 nitrogen and oxygen atoms in total. The van der Waals surface area contributed by atoms with Crippen molar-refractivity contribution < 1.29 is 4.79 Å². The minimum atomic E-state index is 0.0210. The molecule has 1 fully saturated rings. The van der Waals surface area contributed by atoms with Gasteiger partial charge in [0.05, 0.1) is 0 Å². The van der Waals surface area contributed by atoms with Crippen LogP contribution in [0.25, 0.3) is 0 Å². The Morgan fingerprint density at radius 3 is 2.67 bits per heavy atom. The van der Waals surface area contributed by atoms with Gasteiger partial charge in [0.25, 0.3) is 5.91 Å². The highest BCUT2D eigenvalue weighted by atomic mass is 16.1. The molecule has 1 aromatic rings. The molecular weight excluding hydrogens is 224 g/mol. The standard InChI is InChI=1S/C15H22N2O/c1-15(9-5-10-15)17-14(18)13-7-4-3-6-12(13)8-11-16-2/h3-4,6-7,16H,5,8-11H2,1-2H3,(H,17,18). The van der Waals surface area contributed by atoms with Crippen molar-refractivity contribution in [2.75, 3.05) is 13.6 Å². The molecule has 1 aliphatic rings. The fraction of sp³-hybridized carbons (Fsp3) is 0.533. The van der Waals surface area contributed by atoms with Gasteiger partial charge in [-0.15, -0.1) is 0 Å². The highest BCUT2D eigenvalue weighted by Gasteiger charge is 2.33. The van der Waals surface area contributed by atoms with E-state index in [1.54, 1.807) is 0 Å². The number of carbonyl (C=O) groups is 1. The number of amides is 1. The van der Waals surface area contributed by atoms with Crippen LogP contribution in [-0.4, -0.2) is 25.0 Å². The predicted molar refractivity (Wildman–Crippen MR) is 73.8 cm³/mol. The Morgan fingerprint density at radius 2 is 2.06 bits per heavy atom. The van der Waals surface area contributed by atoms with Crippen molar-refractivity contribution in [3.8, 4) is 0 Å². The molecule has 0 radical (unpaired) electrons. The van der Waals surface area contributed by atoms with Crippen LogP contribution < -0.4 is 10.6 Å². The molecule has 2 rings (SSSR count). The summed E-state index contributed by atoms with van der Waals surface area (Å²) in [5.74, 6) is 0.0731. The Hall–Kier alpha value is -1.35. The zero-order valence-corrected chi connectivity index (χ0v) is 11.3. The normalized spacial score (nSPS) is 17.0. The molecule has 0 aromatic heterocycles. The number of likely N-dealkylation sites (N-methyl/N-ethyl adjacent to an activating group) is 1. The van der Waals surface area contributed by atoms with Crippen LogP contribution in [0.4, 0.5) is 0 Å². The molecule has 0 aliphatic heterocycles. The molecule has 0 heterocycles. The predicted octanol–water partition coefficient (Wildman–Crippen LogP) is 2.12. The van der Waals surface area contributed by atoms with Crippen molar-refractivity contribution in [1.82, 2.24) is 10.6 Å². The zero-order valence-electron chi connectivity index (χ0n) is 11.3. The summed E-state index contributed by atoms with van der Waals surface area (Å²) < 4.78 is 0. The molecule has 0 spiro atoms. The quantitative estimate of drug-likeness (QED) is 0.835. The summed E-state index contributed by atoms with van der Waals surface area (Å²) in [6.07, 6.45) is 4.30. The second kappa shape index (κ2) is 5.53. The molecule has 1 aliphatic carbocycles. The lowest BCUT2D eigenvalue weighted by atomic mass is 9.78. The van der Waals surface area contributed by atoms with Crippen LogP contribution in [0.2, 0.25) is 0 Å². The van der Waals surface area contributed by atoms with Crippen molar-refractivity contribution >= 4 is 5.91 Å². The summed E-state index contributed by atoms with van der Waals surface area (Å²) in [4.78, 5) is 12.3. The van der Waals surface area contributed by atoms with Gasteiger partial charge in [0.1, 0.15) is 0 Å². The first-order valence-electron chi connectivity index (χ1n) is 6.70. The number of hydrogen-bond donors (Lipinski definition) is 2. The van der Waals surface area contributed by atoms with E-state index in [-0.39, 0.29) is 11.4 Å². The highest BCUT2D eigenvalue weighted by Crippen LogP contribution is 2.31. The summed E-state index contributed by atoms with van der Waals surface area (Å²) in [5.41, 5.74) is 1.96. The van der Waals surface area contributed by atoms with Gasteiger partial charge in [0.2, 0.25) is 0 Å². The summed E-state index contributed by atoms with van der Waals surface area (Å²) >= 11 is 0. The Labute approximate surface area is 109 Å². The summed E-state index contributed by atoms with van der Waals surface area (Å²) in [6.45, 7) is 3.02. The molecule has 0 unspecified atom stereocenters. The largest absolute Gasteiger partial charge is 0.347 e. The first-order chi connectivity index (χ1) is 8.64. The van der Waals surface area contributed by atoms with E-state index < -0.39 is 0 Å². The fourth-order valence-corrected chi connectivity index (χ4v) is 2.39. The van der Waals surface area contributed by atoms with Gasteiger partial charge >= 0.3 is 0 Å². The molecule has 2 N–H and O–H groups in total. The third kappa shape index (κ3) is 2.91. The Kier molecular flexibility index (Phi) is 4.02. The molecule has 1 saturated carbocycles. The van der Waals surface area contributed by atoms with Crippen molar-refractivity contribution in [2.24, 2.45) is 0 Å². The number of hydrogen-bond acceptors (Lipinski definition) is 2. The van der Waals surface area contributed by atoms with Crippen molar-refractivity contribution in [3.63, 3.8) is 0 Å². The Bertz CT molecular complexity index is 424. The van der Waals surface area contributed by atoms with E-state index in [2.05, 4.69) is 17.6 Å². The third-order valence-electron chi connectivity index (χ3n) is 3.78. The van der Waals surface area contributed by atoms with E-state index in [1.165, 1.54) is 6.42 Å². The molecule has 3 heteroatoms. The number of benzene rings is 1. The first kappa shape index (κ1) is 13.1. The number of nitrogens with one attached hydrogen (secondary N) is 2. The van der Waals surface area contributed by atoms with Crippen LogP contribution in [0.3, 0.4) is 0 Å². The third-order valence-corrected chi connectivity index (χ3v) is 3.78. The lowest BCUT2D eigenvalue weighted by molar-refractivity contribution is 0.0849. The topological polar surface area (TPSA) is 41.1 Å². The molecular formula is C15H22N2O. The van der Waals surface area contributed by atoms with E-state index in [0.29, 0.717) is 0 Å². The summed E-state index contributed by atoms with van der Waals surface area (Å²) in [6, 6.07) is 7.88. The van der Waals surface area contributed by atoms with Crippen molar-refractivity contribution in [2.45, 2.75) is 38.1 Å². The fourth-order valence-electron chi connectivity index (χ4n) is 2.39. The zero-order chi connectivity index (χ0) is 13.0. The van der Waals surface area contributed by atoms with Gasteiger partial charge in [-0.1, -0.05) is 18.2 Å². The van der Waals surface area contributed by atoms with Crippen LogP contribution in [0.1, 0.15) is 42.1 Å². The first-order valence-corrected chi connectivity index (χ1v) is 6.70. The summed E-state index contributed by atoms with van der Waals surface area (Å²) in [7, 11) is 1.93. The lowest BCUT2D eigenvalue weighted by Crippen LogP contribution is -2.51. The smallest absolute Gasteiger partial charge is 0.251 e. The van der Waals surface area contributed by atoms with Gasteiger partial charge in [-0.25, -0.2) is 0 Å². The van der Waals surface area contributed by atoms with Crippen LogP contribution in [-0.2, 0) is 6.42 Å². The van der Waals surface area contributed by atoms with Gasteiger partial charge < -0.3 is 10.6 Å². The van der Waals surface area contributed by atoms with Crippen LogP contribution in [0, 0.1) is 0 Å². The van der Waals surface area contributed by atoms with Gasteiger partial charge in [-0.3, -0.25) is 4.79 Å². The summed E-state index contributed by atoms with van der Waals surface area (Å²) in [5, 5.41) is 6.29. The van der Waals surface area contributed by atoms with E-state index in [4.69, 9.17) is 0 Å².